The average molecular weight is 284 g/mol. The molecule has 0 radical (unpaired) electrons. The van der Waals surface area contributed by atoms with Crippen molar-refractivity contribution in [2.45, 2.75) is 0 Å². The molecule has 1 aromatic rings. The van der Waals surface area contributed by atoms with Crippen molar-refractivity contribution in [2.75, 3.05) is 14.1 Å². The Labute approximate surface area is 113 Å². The van der Waals surface area contributed by atoms with Gasteiger partial charge in [-0.1, -0.05) is 6.58 Å². The molecule has 0 saturated heterocycles. The summed E-state index contributed by atoms with van der Waals surface area (Å²) in [6, 6.07) is 1.31. The van der Waals surface area contributed by atoms with Crippen LogP contribution >= 0.6 is 0 Å². The van der Waals surface area contributed by atoms with Gasteiger partial charge in [-0.15, -0.1) is 0 Å². The Morgan fingerprint density at radius 1 is 1.00 bits per heavy atom. The zero-order valence-corrected chi connectivity index (χ0v) is 10.7. The second-order valence-corrected chi connectivity index (χ2v) is 3.37. The zero-order valence-electron chi connectivity index (χ0n) is 10.7. The smallest absolute Gasteiger partial charge is 0.290 e. The first-order chi connectivity index (χ1) is 9.29. The number of nitro benzene ring substituents is 3. The maximum Gasteiger partial charge on any atom is 0.290 e. The van der Waals surface area contributed by atoms with Crippen molar-refractivity contribution in [3.8, 4) is 0 Å². The molecule has 0 aliphatic heterocycles. The molecule has 108 valence electrons. The highest BCUT2D eigenvalue weighted by Crippen LogP contribution is 2.34. The number of benzene rings is 1. The van der Waals surface area contributed by atoms with Gasteiger partial charge in [0.15, 0.2) is 0 Å². The largest absolute Gasteiger partial charge is 0.323 e. The fourth-order valence-corrected chi connectivity index (χ4v) is 1.23. The summed E-state index contributed by atoms with van der Waals surface area (Å²) in [7, 11) is 3.75. The van der Waals surface area contributed by atoms with Crippen molar-refractivity contribution >= 4 is 23.1 Å². The predicted molar refractivity (Wildman–Crippen MR) is 71.5 cm³/mol. The summed E-state index contributed by atoms with van der Waals surface area (Å²) in [6.07, 6.45) is 0.917. The van der Waals surface area contributed by atoms with E-state index in [1.807, 2.05) is 14.1 Å². The predicted octanol–water partition coefficient (Wildman–Crippen LogP) is 1.89. The minimum Gasteiger partial charge on any atom is -0.323 e. The Morgan fingerprint density at radius 2 is 1.35 bits per heavy atom. The summed E-state index contributed by atoms with van der Waals surface area (Å²) in [4.78, 5) is 29.0. The fourth-order valence-electron chi connectivity index (χ4n) is 1.23. The van der Waals surface area contributed by atoms with Gasteiger partial charge in [0.1, 0.15) is 5.56 Å². The normalized spacial score (nSPS) is 9.10. The van der Waals surface area contributed by atoms with Crippen molar-refractivity contribution in [1.29, 1.82) is 0 Å². The van der Waals surface area contributed by atoms with E-state index in [1.165, 1.54) is 0 Å². The van der Waals surface area contributed by atoms with Gasteiger partial charge in [-0.2, -0.15) is 0 Å². The molecule has 0 bridgehead atoms. The van der Waals surface area contributed by atoms with Crippen molar-refractivity contribution in [3.05, 3.63) is 54.6 Å². The molecule has 1 rings (SSSR count). The molecule has 0 aliphatic carbocycles. The summed E-state index contributed by atoms with van der Waals surface area (Å²) in [6.45, 7) is 3.21. The molecule has 0 fully saturated rings. The topological polar surface area (TPSA) is 141 Å². The van der Waals surface area contributed by atoms with Crippen LogP contribution in [0.5, 0.6) is 0 Å². The van der Waals surface area contributed by atoms with Gasteiger partial charge in [0, 0.05) is 0 Å². The lowest BCUT2D eigenvalue weighted by molar-refractivity contribution is -0.403. The Balaban J connectivity index is 0.00000110. The molecule has 10 nitrogen and oxygen atoms in total. The van der Waals surface area contributed by atoms with E-state index in [0.29, 0.717) is 12.1 Å². The lowest BCUT2D eigenvalue weighted by atomic mass is 10.1. The van der Waals surface area contributed by atoms with Crippen LogP contribution in [0.2, 0.25) is 0 Å². The van der Waals surface area contributed by atoms with Gasteiger partial charge in [-0.3, -0.25) is 30.3 Å². The molecule has 0 aromatic heterocycles. The van der Waals surface area contributed by atoms with Crippen LogP contribution in [0.4, 0.5) is 17.1 Å². The summed E-state index contributed by atoms with van der Waals surface area (Å²) in [5.74, 6) is 0. The van der Waals surface area contributed by atoms with Crippen LogP contribution in [0.15, 0.2) is 18.7 Å². The number of hydrogen-bond donors (Lipinski definition) is 1. The maximum absolute atomic E-state index is 10.6. The molecule has 0 amide bonds. The van der Waals surface area contributed by atoms with Crippen LogP contribution in [0.1, 0.15) is 5.56 Å². The highest BCUT2D eigenvalue weighted by molar-refractivity contribution is 5.72. The summed E-state index contributed by atoms with van der Waals surface area (Å²) >= 11 is 0. The van der Waals surface area contributed by atoms with E-state index < -0.39 is 31.8 Å². The minimum atomic E-state index is -0.938. The van der Waals surface area contributed by atoms with E-state index in [2.05, 4.69) is 11.9 Å². The van der Waals surface area contributed by atoms with Gasteiger partial charge >= 0.3 is 0 Å². The Kier molecular flexibility index (Phi) is 6.45. The van der Waals surface area contributed by atoms with Crippen molar-refractivity contribution in [2.24, 2.45) is 0 Å². The van der Waals surface area contributed by atoms with Gasteiger partial charge in [-0.05, 0) is 20.2 Å². The number of hydrogen-bond acceptors (Lipinski definition) is 7. The molecule has 10 heteroatoms. The monoisotopic (exact) mass is 284 g/mol. The number of rotatable bonds is 4. The van der Waals surface area contributed by atoms with Crippen molar-refractivity contribution in [3.63, 3.8) is 0 Å². The summed E-state index contributed by atoms with van der Waals surface area (Å²) in [5, 5.41) is 34.5. The Morgan fingerprint density at radius 3 is 1.55 bits per heavy atom. The third kappa shape index (κ3) is 4.10. The molecular formula is C10H12N4O6. The van der Waals surface area contributed by atoms with Crippen LogP contribution in [-0.4, -0.2) is 28.9 Å². The number of non-ortho nitro benzene ring substituents is 1. The van der Waals surface area contributed by atoms with E-state index in [4.69, 9.17) is 0 Å². The lowest BCUT2D eigenvalue weighted by Gasteiger charge is -1.99. The molecule has 20 heavy (non-hydrogen) atoms. The number of nitrogens with zero attached hydrogens (tertiary/aromatic N) is 3. The van der Waals surface area contributed by atoms with E-state index in [9.17, 15) is 30.3 Å². The zero-order chi connectivity index (χ0) is 15.9. The van der Waals surface area contributed by atoms with Gasteiger partial charge in [0.05, 0.1) is 26.9 Å². The molecule has 0 unspecified atom stereocenters. The van der Waals surface area contributed by atoms with Crippen molar-refractivity contribution in [1.82, 2.24) is 5.32 Å². The quantitative estimate of drug-likeness (QED) is 0.656. The second-order valence-electron chi connectivity index (χ2n) is 3.37. The van der Waals surface area contributed by atoms with E-state index >= 15 is 0 Å². The first-order valence-electron chi connectivity index (χ1n) is 5.12. The molecule has 0 spiro atoms. The van der Waals surface area contributed by atoms with E-state index in [1.54, 1.807) is 0 Å². The first-order valence-corrected chi connectivity index (χ1v) is 5.12. The molecule has 0 aliphatic rings. The van der Waals surface area contributed by atoms with Crippen LogP contribution < -0.4 is 5.32 Å². The third-order valence-corrected chi connectivity index (χ3v) is 1.93. The standard InChI is InChI=1S/C8H5N3O6.C2H7N/c1-2-6-7(10(14)15)3-5(9(12)13)4-8(6)11(16)17;1-3-2/h2-4H,1H2;3H,1-2H3. The molecule has 1 N–H and O–H groups in total. The average Bonchev–Trinajstić information content (AvgIpc) is 2.37. The third-order valence-electron chi connectivity index (χ3n) is 1.93. The second kappa shape index (κ2) is 7.53. The summed E-state index contributed by atoms with van der Waals surface area (Å²) < 4.78 is 0. The van der Waals surface area contributed by atoms with Crippen LogP contribution in [0.3, 0.4) is 0 Å². The molecular weight excluding hydrogens is 272 g/mol. The minimum absolute atomic E-state index is 0.356. The van der Waals surface area contributed by atoms with Crippen LogP contribution in [-0.2, 0) is 0 Å². The lowest BCUT2D eigenvalue weighted by Crippen LogP contribution is -2.00. The molecule has 1 aromatic carbocycles. The SMILES string of the molecule is C=Cc1c([N+](=O)[O-])cc([N+](=O)[O-])cc1[N+](=O)[O-].CNC. The Hall–Kier alpha value is -2.88. The van der Waals surface area contributed by atoms with Gasteiger partial charge in [-0.25, -0.2) is 0 Å². The Bertz CT molecular complexity index is 522. The maximum atomic E-state index is 10.6. The highest BCUT2D eigenvalue weighted by Gasteiger charge is 2.28. The molecule has 0 heterocycles. The highest BCUT2D eigenvalue weighted by atomic mass is 16.6. The van der Waals surface area contributed by atoms with E-state index in [-0.39, 0.29) is 5.56 Å². The first kappa shape index (κ1) is 17.1. The van der Waals surface area contributed by atoms with E-state index in [0.717, 1.165) is 6.08 Å². The molecule has 0 saturated carbocycles. The number of nitro groups is 3. The van der Waals surface area contributed by atoms with Crippen LogP contribution in [0.25, 0.3) is 6.08 Å². The van der Waals surface area contributed by atoms with Crippen LogP contribution in [0, 0.1) is 30.3 Å². The fraction of sp³-hybridized carbons (Fsp3) is 0.200. The number of nitrogens with one attached hydrogen (secondary N) is 1. The van der Waals surface area contributed by atoms with Gasteiger partial charge < -0.3 is 5.32 Å². The summed E-state index contributed by atoms with van der Waals surface area (Å²) in [5.41, 5.74) is -2.51. The molecule has 0 atom stereocenters. The van der Waals surface area contributed by atoms with Gasteiger partial charge in [0.2, 0.25) is 0 Å². The van der Waals surface area contributed by atoms with Crippen molar-refractivity contribution < 1.29 is 14.8 Å². The van der Waals surface area contributed by atoms with Gasteiger partial charge in [0.25, 0.3) is 17.1 Å².